The zero-order valence-corrected chi connectivity index (χ0v) is 9.10. The van der Waals surface area contributed by atoms with Crippen molar-refractivity contribution in [2.75, 3.05) is 6.54 Å². The number of carbonyl (C=O) groups excluding carboxylic acids is 1. The summed E-state index contributed by atoms with van der Waals surface area (Å²) in [6.07, 6.45) is 1.93. The zero-order valence-electron chi connectivity index (χ0n) is 9.10. The second kappa shape index (κ2) is 4.87. The van der Waals surface area contributed by atoms with Crippen LogP contribution < -0.4 is 5.32 Å². The molecule has 0 spiro atoms. The third kappa shape index (κ3) is 2.49. The molecule has 1 unspecified atom stereocenters. The number of benzene rings is 1. The first-order valence-corrected chi connectivity index (χ1v) is 5.49. The summed E-state index contributed by atoms with van der Waals surface area (Å²) >= 11 is 0. The van der Waals surface area contributed by atoms with Gasteiger partial charge in [-0.25, -0.2) is 13.2 Å². The second-order valence-corrected chi connectivity index (χ2v) is 4.14. The van der Waals surface area contributed by atoms with Crippen LogP contribution in [0.5, 0.6) is 0 Å². The van der Waals surface area contributed by atoms with Gasteiger partial charge in [-0.2, -0.15) is 0 Å². The number of ketones is 1. The van der Waals surface area contributed by atoms with Gasteiger partial charge in [0, 0.05) is 12.5 Å². The van der Waals surface area contributed by atoms with Gasteiger partial charge < -0.3 is 5.32 Å². The lowest BCUT2D eigenvalue weighted by atomic mass is 10.0. The molecule has 5 heteroatoms. The van der Waals surface area contributed by atoms with E-state index in [0.29, 0.717) is 0 Å². The Bertz CT molecular complexity index is 442. The van der Waals surface area contributed by atoms with Gasteiger partial charge in [0.25, 0.3) is 0 Å². The van der Waals surface area contributed by atoms with Crippen molar-refractivity contribution in [3.63, 3.8) is 0 Å². The van der Waals surface area contributed by atoms with Gasteiger partial charge in [-0.3, -0.25) is 4.79 Å². The van der Waals surface area contributed by atoms with Crippen molar-refractivity contribution >= 4 is 5.78 Å². The van der Waals surface area contributed by atoms with Gasteiger partial charge in [-0.15, -0.1) is 0 Å². The molecule has 2 rings (SSSR count). The van der Waals surface area contributed by atoms with E-state index in [2.05, 4.69) is 5.32 Å². The number of Topliss-reactive ketones (excluding diaryl/α,β-unsaturated/α-hetero) is 1. The van der Waals surface area contributed by atoms with E-state index in [9.17, 15) is 18.0 Å². The van der Waals surface area contributed by atoms with Gasteiger partial charge in [0.15, 0.2) is 23.2 Å². The summed E-state index contributed by atoms with van der Waals surface area (Å²) in [6.45, 7) is 0.832. The van der Waals surface area contributed by atoms with Crippen LogP contribution in [0.25, 0.3) is 0 Å². The molecule has 1 aromatic rings. The summed E-state index contributed by atoms with van der Waals surface area (Å²) < 4.78 is 39.0. The largest absolute Gasteiger partial charge is 0.314 e. The maximum absolute atomic E-state index is 13.3. The molecule has 92 valence electrons. The molecule has 1 N–H and O–H groups in total. The lowest BCUT2D eigenvalue weighted by Crippen LogP contribution is -2.25. The number of hydrogen-bond acceptors (Lipinski definition) is 2. The first kappa shape index (κ1) is 12.1. The molecule has 1 aliphatic rings. The Morgan fingerprint density at radius 3 is 2.71 bits per heavy atom. The summed E-state index contributed by atoms with van der Waals surface area (Å²) in [6, 6.07) is 1.77. The average molecular weight is 243 g/mol. The van der Waals surface area contributed by atoms with Crippen molar-refractivity contribution in [1.29, 1.82) is 0 Å². The van der Waals surface area contributed by atoms with Crippen molar-refractivity contribution in [3.05, 3.63) is 35.1 Å². The number of hydrogen-bond donors (Lipinski definition) is 1. The van der Waals surface area contributed by atoms with Crippen molar-refractivity contribution in [1.82, 2.24) is 5.32 Å². The van der Waals surface area contributed by atoms with Crippen LogP contribution in [0.3, 0.4) is 0 Å². The van der Waals surface area contributed by atoms with E-state index in [4.69, 9.17) is 0 Å². The van der Waals surface area contributed by atoms with E-state index in [-0.39, 0.29) is 18.0 Å². The van der Waals surface area contributed by atoms with Crippen LogP contribution in [0.2, 0.25) is 0 Å². The van der Waals surface area contributed by atoms with Crippen LogP contribution in [0.4, 0.5) is 13.2 Å². The Morgan fingerprint density at radius 2 is 2.06 bits per heavy atom. The van der Waals surface area contributed by atoms with Crippen LogP contribution in [0, 0.1) is 17.5 Å². The highest BCUT2D eigenvalue weighted by Gasteiger charge is 2.23. The molecule has 0 radical (unpaired) electrons. The van der Waals surface area contributed by atoms with Crippen LogP contribution in [0.15, 0.2) is 12.1 Å². The SMILES string of the molecule is O=C(CC1CCCN1)c1ccc(F)c(F)c1F. The van der Waals surface area contributed by atoms with E-state index in [1.165, 1.54) is 0 Å². The van der Waals surface area contributed by atoms with Crippen LogP contribution in [-0.2, 0) is 0 Å². The Morgan fingerprint density at radius 1 is 1.29 bits per heavy atom. The van der Waals surface area contributed by atoms with Gasteiger partial charge >= 0.3 is 0 Å². The van der Waals surface area contributed by atoms with E-state index < -0.39 is 23.2 Å². The highest BCUT2D eigenvalue weighted by molar-refractivity contribution is 5.96. The first-order valence-electron chi connectivity index (χ1n) is 5.49. The minimum absolute atomic E-state index is 0.00927. The number of halogens is 3. The molecule has 1 atom stereocenters. The summed E-state index contributed by atoms with van der Waals surface area (Å²) in [4.78, 5) is 11.7. The van der Waals surface area contributed by atoms with Crippen molar-refractivity contribution in [2.24, 2.45) is 0 Å². The third-order valence-electron chi connectivity index (χ3n) is 2.93. The maximum atomic E-state index is 13.3. The first-order chi connectivity index (χ1) is 8.09. The fourth-order valence-corrected chi connectivity index (χ4v) is 2.01. The van der Waals surface area contributed by atoms with Gasteiger partial charge in [0.1, 0.15) is 0 Å². The van der Waals surface area contributed by atoms with Crippen molar-refractivity contribution < 1.29 is 18.0 Å². The standard InChI is InChI=1S/C12H12F3NO/c13-9-4-3-8(11(14)12(9)15)10(17)6-7-2-1-5-16-7/h3-4,7,16H,1-2,5-6H2. The number of carbonyl (C=O) groups is 1. The zero-order chi connectivity index (χ0) is 12.4. The van der Waals surface area contributed by atoms with Gasteiger partial charge in [-0.05, 0) is 31.5 Å². The minimum Gasteiger partial charge on any atom is -0.314 e. The lowest BCUT2D eigenvalue weighted by Gasteiger charge is -2.09. The molecule has 0 amide bonds. The summed E-state index contributed by atoms with van der Waals surface area (Å²) in [5, 5.41) is 3.09. The summed E-state index contributed by atoms with van der Waals surface area (Å²) in [7, 11) is 0. The molecule has 2 nitrogen and oxygen atoms in total. The summed E-state index contributed by atoms with van der Waals surface area (Å²) in [5.41, 5.74) is -0.377. The Labute approximate surface area is 96.8 Å². The fraction of sp³-hybridized carbons (Fsp3) is 0.417. The molecule has 1 fully saturated rings. The predicted octanol–water partition coefficient (Wildman–Crippen LogP) is 2.43. The average Bonchev–Trinajstić information content (AvgIpc) is 2.78. The van der Waals surface area contributed by atoms with Gasteiger partial charge in [0.2, 0.25) is 0 Å². The van der Waals surface area contributed by atoms with Crippen LogP contribution in [-0.4, -0.2) is 18.4 Å². The van der Waals surface area contributed by atoms with Crippen LogP contribution >= 0.6 is 0 Å². The Hall–Kier alpha value is -1.36. The molecule has 0 aromatic heterocycles. The topological polar surface area (TPSA) is 29.1 Å². The van der Waals surface area contributed by atoms with Crippen LogP contribution in [0.1, 0.15) is 29.6 Å². The second-order valence-electron chi connectivity index (χ2n) is 4.14. The van der Waals surface area contributed by atoms with Gasteiger partial charge in [0.05, 0.1) is 5.56 Å². The quantitative estimate of drug-likeness (QED) is 0.652. The normalized spacial score (nSPS) is 19.6. The molecular formula is C12H12F3NO. The third-order valence-corrected chi connectivity index (χ3v) is 2.93. The highest BCUT2D eigenvalue weighted by Crippen LogP contribution is 2.19. The molecule has 1 aliphatic heterocycles. The highest BCUT2D eigenvalue weighted by atomic mass is 19.2. The summed E-state index contributed by atoms with van der Waals surface area (Å²) in [5.74, 6) is -4.76. The lowest BCUT2D eigenvalue weighted by molar-refractivity contribution is 0.0966. The van der Waals surface area contributed by atoms with Crippen molar-refractivity contribution in [2.45, 2.75) is 25.3 Å². The van der Waals surface area contributed by atoms with E-state index >= 15 is 0 Å². The monoisotopic (exact) mass is 243 g/mol. The van der Waals surface area contributed by atoms with Gasteiger partial charge in [-0.1, -0.05) is 0 Å². The predicted molar refractivity (Wildman–Crippen MR) is 56.3 cm³/mol. The molecule has 1 saturated heterocycles. The Kier molecular flexibility index (Phi) is 3.47. The maximum Gasteiger partial charge on any atom is 0.195 e. The molecule has 17 heavy (non-hydrogen) atoms. The number of rotatable bonds is 3. The van der Waals surface area contributed by atoms with E-state index in [1.54, 1.807) is 0 Å². The number of nitrogens with one attached hydrogen (secondary N) is 1. The minimum atomic E-state index is -1.59. The molecular weight excluding hydrogens is 231 g/mol. The molecule has 1 heterocycles. The molecule has 0 saturated carbocycles. The smallest absolute Gasteiger partial charge is 0.195 e. The van der Waals surface area contributed by atoms with Crippen molar-refractivity contribution in [3.8, 4) is 0 Å². The molecule has 0 bridgehead atoms. The fourth-order valence-electron chi connectivity index (χ4n) is 2.01. The molecule has 0 aliphatic carbocycles. The van der Waals surface area contributed by atoms with E-state index in [1.807, 2.05) is 0 Å². The van der Waals surface area contributed by atoms with E-state index in [0.717, 1.165) is 31.5 Å². The molecule has 1 aromatic carbocycles. The Balaban J connectivity index is 2.16.